The molecule has 20 heavy (non-hydrogen) atoms. The Labute approximate surface area is 124 Å². The second kappa shape index (κ2) is 7.02. The van der Waals surface area contributed by atoms with Crippen molar-refractivity contribution in [2.24, 2.45) is 7.05 Å². The van der Waals surface area contributed by atoms with Gasteiger partial charge in [0.25, 0.3) is 0 Å². The Bertz CT molecular complexity index is 637. The number of hydrogen-bond donors (Lipinski definition) is 0. The number of ether oxygens (including phenoxy) is 1. The second-order valence-electron chi connectivity index (χ2n) is 4.53. The highest BCUT2D eigenvalue weighted by Crippen LogP contribution is 2.20. The monoisotopic (exact) mass is 288 g/mol. The Morgan fingerprint density at radius 3 is 2.90 bits per heavy atom. The summed E-state index contributed by atoms with van der Waals surface area (Å²) in [5.74, 6) is 7.55. The molecule has 3 nitrogen and oxygen atoms in total. The molecule has 1 aromatic heterocycles. The summed E-state index contributed by atoms with van der Waals surface area (Å²) in [6.45, 7) is 2.54. The lowest BCUT2D eigenvalue weighted by Crippen LogP contribution is -1.96. The largest absolute Gasteiger partial charge is 0.489 e. The maximum absolute atomic E-state index is 5.79. The standard InChI is InChI=1S/C16H17ClN2O/c1-13-9-14(5-3-4-8-17)6-7-16(13)20-12-15-10-18-19(2)11-15/h6-7,9-11H,4,8,12H2,1-2H3. The first-order chi connectivity index (χ1) is 9.69. The minimum atomic E-state index is 0.520. The van der Waals surface area contributed by atoms with Gasteiger partial charge in [0.05, 0.1) is 6.20 Å². The van der Waals surface area contributed by atoms with Crippen LogP contribution >= 0.6 is 11.6 Å². The van der Waals surface area contributed by atoms with Crippen molar-refractivity contribution in [2.75, 3.05) is 5.88 Å². The smallest absolute Gasteiger partial charge is 0.122 e. The van der Waals surface area contributed by atoms with Gasteiger partial charge in [0.15, 0.2) is 0 Å². The molecule has 0 aliphatic carbocycles. The third kappa shape index (κ3) is 4.04. The van der Waals surface area contributed by atoms with E-state index in [0.717, 1.165) is 22.4 Å². The summed E-state index contributed by atoms with van der Waals surface area (Å²) in [4.78, 5) is 0. The third-order valence-electron chi connectivity index (χ3n) is 2.78. The van der Waals surface area contributed by atoms with Crippen LogP contribution in [0.15, 0.2) is 30.6 Å². The molecule has 1 aromatic carbocycles. The predicted molar refractivity (Wildman–Crippen MR) is 80.9 cm³/mol. The van der Waals surface area contributed by atoms with Gasteiger partial charge >= 0.3 is 0 Å². The van der Waals surface area contributed by atoms with E-state index in [-0.39, 0.29) is 0 Å². The van der Waals surface area contributed by atoms with Crippen LogP contribution in [0.4, 0.5) is 0 Å². The topological polar surface area (TPSA) is 27.1 Å². The van der Waals surface area contributed by atoms with Crippen LogP contribution in [0.5, 0.6) is 5.75 Å². The highest BCUT2D eigenvalue weighted by atomic mass is 35.5. The summed E-state index contributed by atoms with van der Waals surface area (Å²) < 4.78 is 7.56. The molecule has 1 heterocycles. The average Bonchev–Trinajstić information content (AvgIpc) is 2.84. The molecule has 0 fully saturated rings. The fourth-order valence-corrected chi connectivity index (χ4v) is 1.90. The number of hydrogen-bond acceptors (Lipinski definition) is 2. The van der Waals surface area contributed by atoms with Crippen LogP contribution in [-0.4, -0.2) is 15.7 Å². The van der Waals surface area contributed by atoms with Gasteiger partial charge in [0.2, 0.25) is 0 Å². The molecule has 0 saturated heterocycles. The van der Waals surface area contributed by atoms with Crippen molar-refractivity contribution in [1.82, 2.24) is 9.78 Å². The van der Waals surface area contributed by atoms with Crippen molar-refractivity contribution in [3.63, 3.8) is 0 Å². The van der Waals surface area contributed by atoms with Gasteiger partial charge in [-0.15, -0.1) is 11.6 Å². The number of rotatable bonds is 4. The molecule has 0 unspecified atom stereocenters. The lowest BCUT2D eigenvalue weighted by atomic mass is 10.1. The van der Waals surface area contributed by atoms with Gasteiger partial charge in [-0.25, -0.2) is 0 Å². The van der Waals surface area contributed by atoms with E-state index in [2.05, 4.69) is 16.9 Å². The molecular weight excluding hydrogens is 272 g/mol. The molecule has 104 valence electrons. The van der Waals surface area contributed by atoms with E-state index >= 15 is 0 Å². The quantitative estimate of drug-likeness (QED) is 0.638. The van der Waals surface area contributed by atoms with E-state index in [9.17, 15) is 0 Å². The van der Waals surface area contributed by atoms with Gasteiger partial charge in [-0.3, -0.25) is 4.68 Å². The summed E-state index contributed by atoms with van der Waals surface area (Å²) in [7, 11) is 1.89. The highest BCUT2D eigenvalue weighted by Gasteiger charge is 2.02. The number of alkyl halides is 1. The number of aromatic nitrogens is 2. The first-order valence-electron chi connectivity index (χ1n) is 6.45. The van der Waals surface area contributed by atoms with Gasteiger partial charge in [0.1, 0.15) is 12.4 Å². The SMILES string of the molecule is Cc1cc(C#CCCCl)ccc1OCc1cnn(C)c1. The molecule has 2 rings (SSSR count). The van der Waals surface area contributed by atoms with Gasteiger partial charge in [-0.2, -0.15) is 5.10 Å². The van der Waals surface area contributed by atoms with E-state index in [1.165, 1.54) is 0 Å². The Kier molecular flexibility index (Phi) is 5.09. The third-order valence-corrected chi connectivity index (χ3v) is 2.97. The van der Waals surface area contributed by atoms with Crippen LogP contribution in [0.25, 0.3) is 0 Å². The van der Waals surface area contributed by atoms with Gasteiger partial charge in [-0.05, 0) is 30.7 Å². The molecule has 2 aromatic rings. The Morgan fingerprint density at radius 2 is 2.25 bits per heavy atom. The molecular formula is C16H17ClN2O. The molecule has 0 amide bonds. The first kappa shape index (κ1) is 14.5. The van der Waals surface area contributed by atoms with E-state index in [0.29, 0.717) is 18.9 Å². The number of halogens is 1. The van der Waals surface area contributed by atoms with Crippen molar-refractivity contribution in [3.05, 3.63) is 47.3 Å². The van der Waals surface area contributed by atoms with Gasteiger partial charge in [0, 0.05) is 36.7 Å². The number of nitrogens with zero attached hydrogens (tertiary/aromatic N) is 2. The first-order valence-corrected chi connectivity index (χ1v) is 6.98. The normalized spacial score (nSPS) is 9.95. The maximum atomic E-state index is 5.79. The Hall–Kier alpha value is -1.92. The predicted octanol–water partition coefficient (Wildman–Crippen LogP) is 3.29. The van der Waals surface area contributed by atoms with Gasteiger partial charge in [-0.1, -0.05) is 11.8 Å². The van der Waals surface area contributed by atoms with Crippen molar-refractivity contribution in [1.29, 1.82) is 0 Å². The zero-order chi connectivity index (χ0) is 14.4. The number of benzene rings is 1. The van der Waals surface area contributed by atoms with E-state index in [4.69, 9.17) is 16.3 Å². The lowest BCUT2D eigenvalue weighted by Gasteiger charge is -2.08. The summed E-state index contributed by atoms with van der Waals surface area (Å²) in [5, 5.41) is 4.11. The summed E-state index contributed by atoms with van der Waals surface area (Å²) in [6, 6.07) is 5.95. The van der Waals surface area contributed by atoms with Gasteiger partial charge < -0.3 is 4.74 Å². The summed E-state index contributed by atoms with van der Waals surface area (Å²) in [5.41, 5.74) is 3.12. The minimum Gasteiger partial charge on any atom is -0.489 e. The van der Waals surface area contributed by atoms with E-state index < -0.39 is 0 Å². The fraction of sp³-hybridized carbons (Fsp3) is 0.312. The molecule has 0 aliphatic heterocycles. The molecule has 4 heteroatoms. The lowest BCUT2D eigenvalue weighted by molar-refractivity contribution is 0.304. The Balaban J connectivity index is 2.01. The maximum Gasteiger partial charge on any atom is 0.122 e. The highest BCUT2D eigenvalue weighted by molar-refractivity contribution is 6.18. The van der Waals surface area contributed by atoms with E-state index in [1.807, 2.05) is 38.4 Å². The summed E-state index contributed by atoms with van der Waals surface area (Å²) in [6.07, 6.45) is 4.46. The van der Waals surface area contributed by atoms with Crippen molar-refractivity contribution in [3.8, 4) is 17.6 Å². The molecule has 0 spiro atoms. The summed E-state index contributed by atoms with van der Waals surface area (Å²) >= 11 is 5.60. The van der Waals surface area contributed by atoms with Crippen molar-refractivity contribution in [2.45, 2.75) is 20.0 Å². The number of aryl methyl sites for hydroxylation is 2. The fourth-order valence-electron chi connectivity index (χ4n) is 1.81. The van der Waals surface area contributed by atoms with Crippen LogP contribution in [0.3, 0.4) is 0 Å². The van der Waals surface area contributed by atoms with Crippen molar-refractivity contribution < 1.29 is 4.74 Å². The zero-order valence-corrected chi connectivity index (χ0v) is 12.4. The molecule has 0 saturated carbocycles. The Morgan fingerprint density at radius 1 is 1.40 bits per heavy atom. The van der Waals surface area contributed by atoms with Crippen LogP contribution in [0, 0.1) is 18.8 Å². The second-order valence-corrected chi connectivity index (χ2v) is 4.91. The molecule has 0 atom stereocenters. The minimum absolute atomic E-state index is 0.520. The van der Waals surface area contributed by atoms with Crippen LogP contribution < -0.4 is 4.74 Å². The molecule has 0 aliphatic rings. The molecule has 0 N–H and O–H groups in total. The van der Waals surface area contributed by atoms with Crippen LogP contribution in [-0.2, 0) is 13.7 Å². The van der Waals surface area contributed by atoms with Crippen LogP contribution in [0.2, 0.25) is 0 Å². The van der Waals surface area contributed by atoms with E-state index in [1.54, 1.807) is 10.9 Å². The molecule has 0 bridgehead atoms. The van der Waals surface area contributed by atoms with Crippen LogP contribution in [0.1, 0.15) is 23.1 Å². The molecule has 0 radical (unpaired) electrons. The van der Waals surface area contributed by atoms with Crippen molar-refractivity contribution >= 4 is 11.6 Å². The average molecular weight is 289 g/mol. The zero-order valence-electron chi connectivity index (χ0n) is 11.7.